The molecule has 1 aromatic carbocycles. The Bertz CT molecular complexity index is 1090. The van der Waals surface area contributed by atoms with Gasteiger partial charge < -0.3 is 19.7 Å². The smallest absolute Gasteiger partial charge is 0.263 e. The van der Waals surface area contributed by atoms with Crippen molar-refractivity contribution in [1.29, 1.82) is 0 Å². The first-order valence-corrected chi connectivity index (χ1v) is 10.8. The minimum Gasteiger partial charge on any atom is -0.479 e. The van der Waals surface area contributed by atoms with Crippen LogP contribution in [0.3, 0.4) is 0 Å². The van der Waals surface area contributed by atoms with E-state index >= 15 is 0 Å². The number of carbonyl (C=O) groups excluding carboxylic acids is 1. The Morgan fingerprint density at radius 1 is 1.27 bits per heavy atom. The standard InChI is InChI=1S/C23H24ClN3O3/c24-16-11-15-12-20(23(29)27-8-3-14(4-9-27)5-10-28)30-21(15)19(13-16)17-1-6-25-22-18(17)2-7-26-22/h1-2,6-7,11,13-14,20,28H,3-5,8-10,12H2,(H,25,26)/t20-/m1/s1. The SMILES string of the molecule is O=C([C@H]1Cc2cc(Cl)cc(-c3ccnc4[nH]ccc34)c2O1)N1CCC(CCO)CC1. The van der Waals surface area contributed by atoms with Crippen LogP contribution in [0.4, 0.5) is 0 Å². The number of amides is 1. The van der Waals surface area contributed by atoms with E-state index in [2.05, 4.69) is 9.97 Å². The summed E-state index contributed by atoms with van der Waals surface area (Å²) in [6.07, 6.45) is 6.32. The predicted molar refractivity (Wildman–Crippen MR) is 116 cm³/mol. The number of aromatic amines is 1. The average molecular weight is 426 g/mol. The van der Waals surface area contributed by atoms with E-state index in [1.54, 1.807) is 6.20 Å². The largest absolute Gasteiger partial charge is 0.479 e. The highest BCUT2D eigenvalue weighted by Crippen LogP contribution is 2.43. The predicted octanol–water partition coefficient (Wildman–Crippen LogP) is 3.81. The Kier molecular flexibility index (Phi) is 5.13. The van der Waals surface area contributed by atoms with Crippen LogP contribution in [-0.2, 0) is 11.2 Å². The van der Waals surface area contributed by atoms with Crippen molar-refractivity contribution < 1.29 is 14.6 Å². The van der Waals surface area contributed by atoms with Gasteiger partial charge in [0.2, 0.25) is 0 Å². The molecule has 156 valence electrons. The average Bonchev–Trinajstić information content (AvgIpc) is 3.40. The number of piperidine rings is 1. The number of likely N-dealkylation sites (tertiary alicyclic amines) is 1. The molecule has 1 saturated heterocycles. The lowest BCUT2D eigenvalue weighted by atomic mass is 9.93. The van der Waals surface area contributed by atoms with Gasteiger partial charge in [-0.3, -0.25) is 4.79 Å². The summed E-state index contributed by atoms with van der Waals surface area (Å²) in [6.45, 7) is 1.66. The van der Waals surface area contributed by atoms with E-state index in [9.17, 15) is 4.79 Å². The lowest BCUT2D eigenvalue weighted by Crippen LogP contribution is -2.45. The number of hydrogen-bond donors (Lipinski definition) is 2. The Morgan fingerprint density at radius 3 is 2.90 bits per heavy atom. The van der Waals surface area contributed by atoms with E-state index in [1.165, 1.54) is 0 Å². The van der Waals surface area contributed by atoms with E-state index in [-0.39, 0.29) is 12.5 Å². The van der Waals surface area contributed by atoms with Crippen molar-refractivity contribution in [3.63, 3.8) is 0 Å². The number of fused-ring (bicyclic) bond motifs is 2. The maximum atomic E-state index is 13.1. The molecule has 0 saturated carbocycles. The zero-order valence-corrected chi connectivity index (χ0v) is 17.4. The first-order valence-electron chi connectivity index (χ1n) is 10.4. The van der Waals surface area contributed by atoms with E-state index in [1.807, 2.05) is 35.4 Å². The van der Waals surface area contributed by atoms with Crippen LogP contribution in [0.5, 0.6) is 5.75 Å². The number of nitrogens with zero attached hydrogens (tertiary/aromatic N) is 2. The first-order chi connectivity index (χ1) is 14.6. The quantitative estimate of drug-likeness (QED) is 0.666. The third-order valence-corrected chi connectivity index (χ3v) is 6.50. The normalized spacial score (nSPS) is 19.1. The summed E-state index contributed by atoms with van der Waals surface area (Å²) in [6, 6.07) is 7.73. The van der Waals surface area contributed by atoms with Crippen molar-refractivity contribution in [1.82, 2.24) is 14.9 Å². The molecule has 2 N–H and O–H groups in total. The number of aliphatic hydroxyl groups is 1. The summed E-state index contributed by atoms with van der Waals surface area (Å²) in [5.41, 5.74) is 3.64. The number of halogens is 1. The molecule has 0 aliphatic carbocycles. The van der Waals surface area contributed by atoms with Gasteiger partial charge in [0.15, 0.2) is 6.10 Å². The number of aromatic nitrogens is 2. The second kappa shape index (κ2) is 7.93. The van der Waals surface area contributed by atoms with Gasteiger partial charge in [-0.05, 0) is 55.0 Å². The van der Waals surface area contributed by atoms with Crippen molar-refractivity contribution >= 4 is 28.5 Å². The van der Waals surface area contributed by atoms with Gasteiger partial charge in [-0.25, -0.2) is 4.98 Å². The Morgan fingerprint density at radius 2 is 2.10 bits per heavy atom. The van der Waals surface area contributed by atoms with Crippen molar-refractivity contribution in [3.8, 4) is 16.9 Å². The number of rotatable bonds is 4. The molecule has 1 atom stereocenters. The number of ether oxygens (including phenoxy) is 1. The molecule has 7 heteroatoms. The van der Waals surface area contributed by atoms with Crippen LogP contribution in [0.15, 0.2) is 36.7 Å². The number of nitrogens with one attached hydrogen (secondary N) is 1. The number of hydrogen-bond acceptors (Lipinski definition) is 4. The number of aliphatic hydroxyl groups excluding tert-OH is 1. The number of H-pyrrole nitrogens is 1. The fourth-order valence-electron chi connectivity index (χ4n) is 4.69. The van der Waals surface area contributed by atoms with Crippen LogP contribution in [0.25, 0.3) is 22.2 Å². The summed E-state index contributed by atoms with van der Waals surface area (Å²) in [4.78, 5) is 22.5. The maximum absolute atomic E-state index is 13.1. The fraction of sp³-hybridized carbons (Fsp3) is 0.391. The first kappa shape index (κ1) is 19.4. The topological polar surface area (TPSA) is 78.5 Å². The molecule has 2 aliphatic rings. The Balaban J connectivity index is 1.40. The van der Waals surface area contributed by atoms with Crippen LogP contribution in [0, 0.1) is 5.92 Å². The lowest BCUT2D eigenvalue weighted by molar-refractivity contribution is -0.139. The highest BCUT2D eigenvalue weighted by atomic mass is 35.5. The molecule has 5 rings (SSSR count). The van der Waals surface area contributed by atoms with Crippen molar-refractivity contribution in [2.24, 2.45) is 5.92 Å². The molecular weight excluding hydrogens is 402 g/mol. The highest BCUT2D eigenvalue weighted by molar-refractivity contribution is 6.31. The van der Waals surface area contributed by atoms with Gasteiger partial charge in [0.1, 0.15) is 11.4 Å². The molecule has 0 spiro atoms. The zero-order valence-electron chi connectivity index (χ0n) is 16.6. The molecule has 4 heterocycles. The van der Waals surface area contributed by atoms with Crippen molar-refractivity contribution in [2.45, 2.75) is 31.8 Å². The number of carbonyl (C=O) groups is 1. The van der Waals surface area contributed by atoms with Gasteiger partial charge in [0.05, 0.1) is 0 Å². The summed E-state index contributed by atoms with van der Waals surface area (Å²) in [5, 5.41) is 10.8. The minimum absolute atomic E-state index is 0.0391. The van der Waals surface area contributed by atoms with Crippen LogP contribution in [0.1, 0.15) is 24.8 Å². The van der Waals surface area contributed by atoms with E-state index in [0.717, 1.165) is 65.8 Å². The Labute approximate surface area is 179 Å². The van der Waals surface area contributed by atoms with Crippen LogP contribution < -0.4 is 4.74 Å². The van der Waals surface area contributed by atoms with Gasteiger partial charge in [0, 0.05) is 60.0 Å². The second-order valence-electron chi connectivity index (χ2n) is 8.13. The number of pyridine rings is 1. The molecule has 3 aromatic rings. The third-order valence-electron chi connectivity index (χ3n) is 6.29. The molecular formula is C23H24ClN3O3. The molecule has 2 aliphatic heterocycles. The molecule has 0 bridgehead atoms. The summed E-state index contributed by atoms with van der Waals surface area (Å²) in [7, 11) is 0. The van der Waals surface area contributed by atoms with Crippen LogP contribution in [0.2, 0.25) is 5.02 Å². The minimum atomic E-state index is -0.518. The molecule has 2 aromatic heterocycles. The van der Waals surface area contributed by atoms with Gasteiger partial charge in [-0.2, -0.15) is 0 Å². The molecule has 0 unspecified atom stereocenters. The molecule has 0 radical (unpaired) electrons. The highest BCUT2D eigenvalue weighted by Gasteiger charge is 2.35. The molecule has 1 fully saturated rings. The van der Waals surface area contributed by atoms with Gasteiger partial charge in [-0.15, -0.1) is 0 Å². The monoisotopic (exact) mass is 425 g/mol. The molecule has 30 heavy (non-hydrogen) atoms. The summed E-state index contributed by atoms with van der Waals surface area (Å²) in [5.74, 6) is 1.28. The summed E-state index contributed by atoms with van der Waals surface area (Å²) >= 11 is 6.43. The van der Waals surface area contributed by atoms with E-state index in [4.69, 9.17) is 21.4 Å². The number of benzene rings is 1. The van der Waals surface area contributed by atoms with E-state index in [0.29, 0.717) is 17.4 Å². The van der Waals surface area contributed by atoms with Crippen LogP contribution in [-0.4, -0.2) is 51.7 Å². The maximum Gasteiger partial charge on any atom is 0.263 e. The second-order valence-corrected chi connectivity index (χ2v) is 8.57. The Hall–Kier alpha value is -2.57. The van der Waals surface area contributed by atoms with Gasteiger partial charge >= 0.3 is 0 Å². The van der Waals surface area contributed by atoms with Crippen molar-refractivity contribution in [3.05, 3.63) is 47.2 Å². The van der Waals surface area contributed by atoms with Gasteiger partial charge in [0.25, 0.3) is 5.91 Å². The van der Waals surface area contributed by atoms with E-state index < -0.39 is 6.10 Å². The molecule has 6 nitrogen and oxygen atoms in total. The third kappa shape index (κ3) is 3.44. The van der Waals surface area contributed by atoms with Crippen LogP contribution >= 0.6 is 11.6 Å². The van der Waals surface area contributed by atoms with Gasteiger partial charge in [-0.1, -0.05) is 11.6 Å². The zero-order chi connectivity index (χ0) is 20.7. The molecule has 1 amide bonds. The lowest BCUT2D eigenvalue weighted by Gasteiger charge is -2.33. The fourth-order valence-corrected chi connectivity index (χ4v) is 4.93. The van der Waals surface area contributed by atoms with Crippen molar-refractivity contribution in [2.75, 3.05) is 19.7 Å². The summed E-state index contributed by atoms with van der Waals surface area (Å²) < 4.78 is 6.24.